The van der Waals surface area contributed by atoms with Crippen molar-refractivity contribution in [2.24, 2.45) is 0 Å². The van der Waals surface area contributed by atoms with Crippen molar-refractivity contribution in [1.82, 2.24) is 0 Å². The molecule has 0 spiro atoms. The highest BCUT2D eigenvalue weighted by Gasteiger charge is 2.55. The lowest BCUT2D eigenvalue weighted by Crippen LogP contribution is -2.72. The smallest absolute Gasteiger partial charge is 0.362 e. The van der Waals surface area contributed by atoms with Crippen molar-refractivity contribution in [3.63, 3.8) is 0 Å². The number of unbranched alkanes of at least 4 members (excludes halogenated alkanes) is 16. The second kappa shape index (κ2) is 23.8. The second-order valence-corrected chi connectivity index (χ2v) is 11.5. The van der Waals surface area contributed by atoms with Crippen molar-refractivity contribution in [2.75, 3.05) is 6.54 Å². The van der Waals surface area contributed by atoms with Gasteiger partial charge in [-0.15, -0.1) is 0 Å². The number of carboxylic acid groups (broad SMARTS) is 3. The lowest BCUT2D eigenvalue weighted by molar-refractivity contribution is -0.968. The number of carboxylic acids is 3. The minimum absolute atomic E-state index is 0.0826. The molecule has 0 aromatic rings. The van der Waals surface area contributed by atoms with Gasteiger partial charge in [0.2, 0.25) is 0 Å². The Morgan fingerprint density at radius 1 is 0.500 bits per heavy atom. The van der Waals surface area contributed by atoms with Crippen molar-refractivity contribution in [1.29, 1.82) is 0 Å². The molecule has 0 saturated heterocycles. The van der Waals surface area contributed by atoms with Crippen LogP contribution in [0.4, 0.5) is 0 Å². The van der Waals surface area contributed by atoms with Gasteiger partial charge in [0.05, 0.1) is 6.54 Å². The number of rotatable bonds is 28. The maximum Gasteiger partial charge on any atom is 0.362 e. The van der Waals surface area contributed by atoms with Crippen molar-refractivity contribution >= 4 is 17.9 Å². The summed E-state index contributed by atoms with van der Waals surface area (Å²) in [5.41, 5.74) is 0. The molecular weight excluding hydrogens is 506 g/mol. The molecule has 234 valence electrons. The first-order valence-corrected chi connectivity index (χ1v) is 16.4. The summed E-state index contributed by atoms with van der Waals surface area (Å²) in [5, 5.41) is 30.0. The summed E-state index contributed by atoms with van der Waals surface area (Å²) in [5.74, 6) is -3.44. The first-order chi connectivity index (χ1) is 19.2. The molecule has 0 heterocycles. The first-order valence-electron chi connectivity index (χ1n) is 16.4. The zero-order valence-corrected chi connectivity index (χ0v) is 26.2. The lowest BCUT2D eigenvalue weighted by atomic mass is 9.94. The van der Waals surface area contributed by atoms with Crippen LogP contribution in [0.15, 0.2) is 12.2 Å². The Morgan fingerprint density at radius 2 is 0.800 bits per heavy atom. The monoisotopic (exact) mass is 568 g/mol. The largest absolute Gasteiger partial charge is 0.477 e. The zero-order chi connectivity index (χ0) is 30.2. The second-order valence-electron chi connectivity index (χ2n) is 11.5. The molecular formula is C33H62NO6+. The van der Waals surface area contributed by atoms with Crippen molar-refractivity contribution < 1.29 is 34.2 Å². The van der Waals surface area contributed by atoms with Gasteiger partial charge in [0.15, 0.2) is 18.1 Å². The Bertz CT molecular complexity index is 652. The normalized spacial score (nSPS) is 15.5. The van der Waals surface area contributed by atoms with Gasteiger partial charge < -0.3 is 15.3 Å². The Morgan fingerprint density at radius 3 is 1.07 bits per heavy atom. The molecule has 7 nitrogen and oxygen atoms in total. The quantitative estimate of drug-likeness (QED) is 0.0495. The molecule has 7 heteroatoms. The van der Waals surface area contributed by atoms with Gasteiger partial charge in [0.25, 0.3) is 0 Å². The van der Waals surface area contributed by atoms with Gasteiger partial charge in [-0.3, -0.25) is 4.48 Å². The van der Waals surface area contributed by atoms with Crippen molar-refractivity contribution in [2.45, 2.75) is 174 Å². The molecule has 0 saturated carbocycles. The van der Waals surface area contributed by atoms with Gasteiger partial charge in [0.1, 0.15) is 0 Å². The Kier molecular flexibility index (Phi) is 22.7. The van der Waals surface area contributed by atoms with E-state index in [9.17, 15) is 29.7 Å². The predicted molar refractivity (Wildman–Crippen MR) is 164 cm³/mol. The minimum Gasteiger partial charge on any atom is -0.477 e. The minimum atomic E-state index is -1.15. The van der Waals surface area contributed by atoms with E-state index in [1.807, 2.05) is 12.2 Å². The summed E-state index contributed by atoms with van der Waals surface area (Å²) in [7, 11) is 0. The van der Waals surface area contributed by atoms with Crippen LogP contribution >= 0.6 is 0 Å². The van der Waals surface area contributed by atoms with Crippen LogP contribution in [0.3, 0.4) is 0 Å². The summed E-state index contributed by atoms with van der Waals surface area (Å²) in [6.07, 6.45) is 26.1. The third kappa shape index (κ3) is 14.1. The fourth-order valence-corrected chi connectivity index (χ4v) is 6.38. The van der Waals surface area contributed by atoms with Gasteiger partial charge >= 0.3 is 17.9 Å². The molecule has 0 aromatic heterocycles. The number of allylic oxidation sites excluding steroid dienone is 1. The Hall–Kier alpha value is -1.89. The lowest BCUT2D eigenvalue weighted by Gasteiger charge is -2.49. The van der Waals surface area contributed by atoms with Gasteiger partial charge in [-0.25, -0.2) is 14.4 Å². The number of carbonyl (C=O) groups is 3. The molecule has 0 radical (unpaired) electrons. The fraction of sp³-hybridized carbons (Fsp3) is 0.848. The van der Waals surface area contributed by atoms with Crippen LogP contribution in [0, 0.1) is 0 Å². The number of hydrogen-bond donors (Lipinski definition) is 3. The van der Waals surface area contributed by atoms with E-state index >= 15 is 0 Å². The predicted octanol–water partition coefficient (Wildman–Crippen LogP) is 8.60. The molecule has 3 unspecified atom stereocenters. The average Bonchev–Trinajstić information content (AvgIpc) is 2.90. The number of aliphatic carboxylic acids is 3. The van der Waals surface area contributed by atoms with Crippen LogP contribution in [-0.2, 0) is 14.4 Å². The van der Waals surface area contributed by atoms with Crippen molar-refractivity contribution in [3.05, 3.63) is 12.2 Å². The van der Waals surface area contributed by atoms with Crippen LogP contribution in [0.5, 0.6) is 0 Å². The standard InChI is InChI=1S/C33H61NO6/c1-5-9-10-11-12-13-14-15-16-17-18-19-20-21-22-23-24-25-26-27-34(28(6-2)31(35)36,29(7-3)32(37)38)30(8-4)33(39)40/h25-26,28-30H,5-24,27H2,1-4H3,(H2-,35,36,37,38,39,40)/p+1/b26-25+. The van der Waals surface area contributed by atoms with E-state index in [-0.39, 0.29) is 25.8 Å². The topological polar surface area (TPSA) is 112 Å². The molecule has 3 atom stereocenters. The summed E-state index contributed by atoms with van der Waals surface area (Å²) < 4.78 is -0.487. The van der Waals surface area contributed by atoms with Gasteiger partial charge in [-0.05, 0) is 18.9 Å². The molecule has 0 bridgehead atoms. The fourth-order valence-electron chi connectivity index (χ4n) is 6.38. The number of quaternary nitrogens is 1. The van der Waals surface area contributed by atoms with Crippen molar-refractivity contribution in [3.8, 4) is 0 Å². The molecule has 0 aliphatic rings. The van der Waals surface area contributed by atoms with Crippen LogP contribution in [-0.4, -0.2) is 62.4 Å². The Balaban J connectivity index is 4.58. The first kappa shape index (κ1) is 38.1. The van der Waals surface area contributed by atoms with Gasteiger partial charge in [-0.2, -0.15) is 0 Å². The third-order valence-corrected chi connectivity index (χ3v) is 8.57. The van der Waals surface area contributed by atoms with E-state index in [1.165, 1.54) is 89.9 Å². The molecule has 0 aromatic carbocycles. The van der Waals surface area contributed by atoms with Gasteiger partial charge in [0, 0.05) is 19.3 Å². The molecule has 0 fully saturated rings. The highest BCUT2D eigenvalue weighted by molar-refractivity contribution is 5.78. The number of hydrogen-bond acceptors (Lipinski definition) is 3. The highest BCUT2D eigenvalue weighted by Crippen LogP contribution is 2.31. The zero-order valence-electron chi connectivity index (χ0n) is 26.2. The number of nitrogens with zero attached hydrogens (tertiary/aromatic N) is 1. The summed E-state index contributed by atoms with van der Waals surface area (Å²) in [4.78, 5) is 36.7. The van der Waals surface area contributed by atoms with Gasteiger partial charge in [-0.1, -0.05) is 130 Å². The third-order valence-electron chi connectivity index (χ3n) is 8.57. The highest BCUT2D eigenvalue weighted by atomic mass is 16.4. The van der Waals surface area contributed by atoms with E-state index in [4.69, 9.17) is 0 Å². The summed E-state index contributed by atoms with van der Waals surface area (Å²) in [6.45, 7) is 7.41. The van der Waals surface area contributed by atoms with E-state index in [2.05, 4.69) is 6.92 Å². The molecule has 0 aliphatic carbocycles. The summed E-state index contributed by atoms with van der Waals surface area (Å²) in [6, 6.07) is -3.33. The average molecular weight is 569 g/mol. The van der Waals surface area contributed by atoms with E-state index < -0.39 is 40.5 Å². The van der Waals surface area contributed by atoms with Crippen LogP contribution in [0.25, 0.3) is 0 Å². The van der Waals surface area contributed by atoms with Crippen LogP contribution in [0.1, 0.15) is 156 Å². The molecule has 0 aliphatic heterocycles. The molecule has 0 amide bonds. The SMILES string of the molecule is CCCCCCCCCCCCCCCCCC/C=C/C[N+](C(CC)C(=O)O)(C(CC)C(=O)O)C(CC)C(=O)O. The van der Waals surface area contributed by atoms with E-state index in [0.29, 0.717) is 0 Å². The maximum absolute atomic E-state index is 12.2. The van der Waals surface area contributed by atoms with E-state index in [1.54, 1.807) is 20.8 Å². The van der Waals surface area contributed by atoms with Crippen LogP contribution in [0.2, 0.25) is 0 Å². The Labute approximate surface area is 245 Å². The summed E-state index contributed by atoms with van der Waals surface area (Å²) >= 11 is 0. The maximum atomic E-state index is 12.2. The van der Waals surface area contributed by atoms with E-state index in [0.717, 1.165) is 19.3 Å². The molecule has 3 N–H and O–H groups in total. The van der Waals surface area contributed by atoms with Crippen LogP contribution < -0.4 is 0 Å². The molecule has 40 heavy (non-hydrogen) atoms. The molecule has 0 rings (SSSR count).